The van der Waals surface area contributed by atoms with Gasteiger partial charge >= 0.3 is 0 Å². The molecule has 2 aromatic heterocycles. The van der Waals surface area contributed by atoms with Crippen LogP contribution in [0.2, 0.25) is 0 Å². The van der Waals surface area contributed by atoms with Crippen molar-refractivity contribution in [2.75, 3.05) is 18.4 Å². The van der Waals surface area contributed by atoms with Crippen LogP contribution in [0.5, 0.6) is 5.88 Å². The highest BCUT2D eigenvalue weighted by Crippen LogP contribution is 2.19. The van der Waals surface area contributed by atoms with Crippen molar-refractivity contribution in [3.05, 3.63) is 36.3 Å². The molecule has 0 bridgehead atoms. The zero-order valence-electron chi connectivity index (χ0n) is 14.3. The summed E-state index contributed by atoms with van der Waals surface area (Å²) in [7, 11) is 1.79. The molecule has 0 radical (unpaired) electrons. The third kappa shape index (κ3) is 4.34. The van der Waals surface area contributed by atoms with Gasteiger partial charge in [-0.15, -0.1) is 0 Å². The van der Waals surface area contributed by atoms with Crippen molar-refractivity contribution in [3.63, 3.8) is 0 Å². The summed E-state index contributed by atoms with van der Waals surface area (Å²) in [4.78, 5) is 29.4. The van der Waals surface area contributed by atoms with Gasteiger partial charge in [-0.1, -0.05) is 0 Å². The fourth-order valence-corrected chi connectivity index (χ4v) is 2.79. The van der Waals surface area contributed by atoms with Crippen molar-refractivity contribution in [2.45, 2.75) is 25.9 Å². The predicted octanol–water partition coefficient (Wildman–Crippen LogP) is 1.46. The Balaban J connectivity index is 1.50. The second kappa shape index (κ2) is 7.33. The van der Waals surface area contributed by atoms with Crippen molar-refractivity contribution in [1.82, 2.24) is 19.7 Å². The maximum Gasteiger partial charge on any atom is 0.257 e. The van der Waals surface area contributed by atoms with Crippen LogP contribution in [0.15, 0.2) is 30.7 Å². The first-order valence-corrected chi connectivity index (χ1v) is 8.19. The number of nitrogens with one attached hydrogen (secondary N) is 1. The molecule has 3 rings (SSSR count). The van der Waals surface area contributed by atoms with Crippen LogP contribution in [-0.4, -0.2) is 50.7 Å². The molecule has 1 saturated heterocycles. The normalized spacial score (nSPS) is 15.0. The molecule has 2 aromatic rings. The Kier molecular flexibility index (Phi) is 4.97. The number of aryl methyl sites for hydroxylation is 1. The second-order valence-corrected chi connectivity index (χ2v) is 6.08. The molecule has 0 spiro atoms. The number of pyridine rings is 1. The molecule has 0 aromatic carbocycles. The van der Waals surface area contributed by atoms with Crippen molar-refractivity contribution >= 4 is 17.5 Å². The highest BCUT2D eigenvalue weighted by atomic mass is 16.5. The van der Waals surface area contributed by atoms with E-state index in [1.807, 2.05) is 4.90 Å². The molecule has 0 aliphatic carbocycles. The Labute approximate surface area is 145 Å². The molecular formula is C17H21N5O3. The number of hydrogen-bond donors (Lipinski definition) is 1. The third-order valence-electron chi connectivity index (χ3n) is 4.03. The van der Waals surface area contributed by atoms with Gasteiger partial charge in [0.1, 0.15) is 6.10 Å². The van der Waals surface area contributed by atoms with Gasteiger partial charge in [0.05, 0.1) is 23.6 Å². The van der Waals surface area contributed by atoms with E-state index in [2.05, 4.69) is 15.4 Å². The van der Waals surface area contributed by atoms with Crippen LogP contribution >= 0.6 is 0 Å². The summed E-state index contributed by atoms with van der Waals surface area (Å²) in [6.45, 7) is 2.73. The van der Waals surface area contributed by atoms with E-state index in [4.69, 9.17) is 4.74 Å². The van der Waals surface area contributed by atoms with Gasteiger partial charge in [-0.25, -0.2) is 4.98 Å². The maximum absolute atomic E-state index is 12.4. The number of carbonyl (C=O) groups excluding carboxylic acids is 2. The molecule has 1 fully saturated rings. The first-order valence-electron chi connectivity index (χ1n) is 8.19. The van der Waals surface area contributed by atoms with Crippen molar-refractivity contribution < 1.29 is 14.3 Å². The molecule has 0 unspecified atom stereocenters. The standard InChI is InChI=1S/C17H21N5O3/c1-12(23)20-14-3-4-16(18-10-14)25-15-5-7-22(8-6-15)17(24)13-9-19-21(2)11-13/h3-4,9-11,15H,5-8H2,1-2H3,(H,20,23). The van der Waals surface area contributed by atoms with Gasteiger partial charge < -0.3 is 15.0 Å². The topological polar surface area (TPSA) is 89.4 Å². The quantitative estimate of drug-likeness (QED) is 0.908. The first kappa shape index (κ1) is 16.9. The second-order valence-electron chi connectivity index (χ2n) is 6.08. The number of ether oxygens (including phenoxy) is 1. The van der Waals surface area contributed by atoms with Gasteiger partial charge in [0.15, 0.2) is 0 Å². The van der Waals surface area contributed by atoms with E-state index in [-0.39, 0.29) is 17.9 Å². The molecule has 1 aliphatic heterocycles. The van der Waals surface area contributed by atoms with Crippen LogP contribution in [0, 0.1) is 0 Å². The van der Waals surface area contributed by atoms with Crippen molar-refractivity contribution in [2.24, 2.45) is 7.05 Å². The summed E-state index contributed by atoms with van der Waals surface area (Å²) in [5, 5.41) is 6.70. The van der Waals surface area contributed by atoms with Crippen LogP contribution in [0.3, 0.4) is 0 Å². The zero-order chi connectivity index (χ0) is 17.8. The minimum atomic E-state index is -0.138. The Hall–Kier alpha value is -2.90. The summed E-state index contributed by atoms with van der Waals surface area (Å²) in [6.07, 6.45) is 6.41. The summed E-state index contributed by atoms with van der Waals surface area (Å²) in [5.74, 6) is 0.386. The fourth-order valence-electron chi connectivity index (χ4n) is 2.79. The van der Waals surface area contributed by atoms with E-state index in [9.17, 15) is 9.59 Å². The van der Waals surface area contributed by atoms with E-state index in [0.29, 0.717) is 30.2 Å². The number of hydrogen-bond acceptors (Lipinski definition) is 5. The average molecular weight is 343 g/mol. The fraction of sp³-hybridized carbons (Fsp3) is 0.412. The van der Waals surface area contributed by atoms with E-state index in [1.54, 1.807) is 42.5 Å². The van der Waals surface area contributed by atoms with Crippen LogP contribution in [0.4, 0.5) is 5.69 Å². The summed E-state index contributed by atoms with van der Waals surface area (Å²) in [6, 6.07) is 3.49. The molecule has 132 valence electrons. The van der Waals surface area contributed by atoms with Crippen LogP contribution in [-0.2, 0) is 11.8 Å². The molecule has 0 saturated carbocycles. The number of aromatic nitrogens is 3. The minimum Gasteiger partial charge on any atom is -0.474 e. The van der Waals surface area contributed by atoms with Gasteiger partial charge in [0.2, 0.25) is 11.8 Å². The zero-order valence-corrected chi connectivity index (χ0v) is 14.3. The lowest BCUT2D eigenvalue weighted by Crippen LogP contribution is -2.41. The molecule has 1 N–H and O–H groups in total. The van der Waals surface area contributed by atoms with Gasteiger partial charge in [-0.2, -0.15) is 5.10 Å². The van der Waals surface area contributed by atoms with Gasteiger partial charge in [0.25, 0.3) is 5.91 Å². The van der Waals surface area contributed by atoms with E-state index in [1.165, 1.54) is 6.92 Å². The number of likely N-dealkylation sites (tertiary alicyclic amines) is 1. The number of rotatable bonds is 4. The summed E-state index contributed by atoms with van der Waals surface area (Å²) in [5.41, 5.74) is 1.24. The first-order chi connectivity index (χ1) is 12.0. The van der Waals surface area contributed by atoms with E-state index < -0.39 is 0 Å². The van der Waals surface area contributed by atoms with Crippen LogP contribution < -0.4 is 10.1 Å². The number of nitrogens with zero attached hydrogens (tertiary/aromatic N) is 4. The maximum atomic E-state index is 12.4. The number of anilines is 1. The minimum absolute atomic E-state index is 0.00401. The lowest BCUT2D eigenvalue weighted by molar-refractivity contribution is -0.114. The number of amides is 2. The Morgan fingerprint density at radius 1 is 1.24 bits per heavy atom. The SMILES string of the molecule is CC(=O)Nc1ccc(OC2CCN(C(=O)c3cnn(C)c3)CC2)nc1. The Morgan fingerprint density at radius 2 is 2.00 bits per heavy atom. The summed E-state index contributed by atoms with van der Waals surface area (Å²) >= 11 is 0. The molecule has 1 aliphatic rings. The average Bonchev–Trinajstić information content (AvgIpc) is 3.03. The van der Waals surface area contributed by atoms with Crippen molar-refractivity contribution in [3.8, 4) is 5.88 Å². The lowest BCUT2D eigenvalue weighted by atomic mass is 10.1. The van der Waals surface area contributed by atoms with Crippen LogP contribution in [0.25, 0.3) is 0 Å². The number of piperidine rings is 1. The van der Waals surface area contributed by atoms with Gasteiger partial charge in [0, 0.05) is 52.2 Å². The number of carbonyl (C=O) groups is 2. The third-order valence-corrected chi connectivity index (χ3v) is 4.03. The molecule has 2 amide bonds. The van der Waals surface area contributed by atoms with Crippen molar-refractivity contribution in [1.29, 1.82) is 0 Å². The summed E-state index contributed by atoms with van der Waals surface area (Å²) < 4.78 is 7.50. The Bertz CT molecular complexity index is 748. The predicted molar refractivity (Wildman–Crippen MR) is 91.3 cm³/mol. The van der Waals surface area contributed by atoms with Gasteiger partial charge in [-0.3, -0.25) is 14.3 Å². The molecule has 8 heteroatoms. The highest BCUT2D eigenvalue weighted by molar-refractivity contribution is 5.93. The Morgan fingerprint density at radius 3 is 2.56 bits per heavy atom. The van der Waals surface area contributed by atoms with Gasteiger partial charge in [-0.05, 0) is 6.07 Å². The molecular weight excluding hydrogens is 322 g/mol. The van der Waals surface area contributed by atoms with E-state index in [0.717, 1.165) is 12.8 Å². The molecule has 8 nitrogen and oxygen atoms in total. The lowest BCUT2D eigenvalue weighted by Gasteiger charge is -2.31. The molecule has 25 heavy (non-hydrogen) atoms. The smallest absolute Gasteiger partial charge is 0.257 e. The monoisotopic (exact) mass is 343 g/mol. The largest absolute Gasteiger partial charge is 0.474 e. The van der Waals surface area contributed by atoms with Crippen LogP contribution in [0.1, 0.15) is 30.1 Å². The highest BCUT2D eigenvalue weighted by Gasteiger charge is 2.25. The molecule has 3 heterocycles. The van der Waals surface area contributed by atoms with E-state index >= 15 is 0 Å². The molecule has 0 atom stereocenters.